The zero-order valence-corrected chi connectivity index (χ0v) is 9.44. The van der Waals surface area contributed by atoms with E-state index in [1.54, 1.807) is 13.1 Å². The predicted octanol–water partition coefficient (Wildman–Crippen LogP) is 3.26. The Morgan fingerprint density at radius 1 is 1.18 bits per heavy atom. The summed E-state index contributed by atoms with van der Waals surface area (Å²) < 4.78 is 39.9. The van der Waals surface area contributed by atoms with Crippen LogP contribution in [0.25, 0.3) is 10.9 Å². The van der Waals surface area contributed by atoms with Gasteiger partial charge >= 0.3 is 0 Å². The van der Waals surface area contributed by atoms with Gasteiger partial charge in [-0.05, 0) is 12.5 Å². The van der Waals surface area contributed by atoms with Crippen LogP contribution in [0.4, 0.5) is 18.9 Å². The second-order valence-corrected chi connectivity index (χ2v) is 3.65. The fourth-order valence-electron chi connectivity index (χ4n) is 1.73. The highest BCUT2D eigenvalue weighted by Gasteiger charge is 2.17. The summed E-state index contributed by atoms with van der Waals surface area (Å²) in [4.78, 5) is 4.08. The lowest BCUT2D eigenvalue weighted by molar-refractivity contribution is 0.453. The van der Waals surface area contributed by atoms with Crippen molar-refractivity contribution in [1.82, 2.24) is 4.98 Å². The van der Waals surface area contributed by atoms with E-state index in [9.17, 15) is 13.2 Å². The zero-order valence-electron chi connectivity index (χ0n) is 9.44. The molecule has 0 fully saturated rings. The van der Waals surface area contributed by atoms with Gasteiger partial charge in [-0.25, -0.2) is 13.2 Å². The van der Waals surface area contributed by atoms with Crippen LogP contribution >= 0.6 is 0 Å². The van der Waals surface area contributed by atoms with Crippen molar-refractivity contribution in [2.75, 3.05) is 12.4 Å². The minimum atomic E-state index is -1.47. The van der Waals surface area contributed by atoms with Crippen molar-refractivity contribution in [3.63, 3.8) is 0 Å². The summed E-state index contributed by atoms with van der Waals surface area (Å²) in [6.07, 6.45) is 0.630. The van der Waals surface area contributed by atoms with Crippen molar-refractivity contribution in [2.45, 2.75) is 13.3 Å². The lowest BCUT2D eigenvalue weighted by Gasteiger charge is -2.09. The van der Waals surface area contributed by atoms with E-state index >= 15 is 0 Å². The SMILES string of the molecule is CCc1cc(NC)c2c(F)c(F)c(F)cc2n1. The normalized spacial score (nSPS) is 10.9. The van der Waals surface area contributed by atoms with Gasteiger partial charge in [0.05, 0.1) is 10.9 Å². The molecule has 2 aromatic rings. The number of aryl methyl sites for hydroxylation is 1. The molecule has 90 valence electrons. The van der Waals surface area contributed by atoms with Crippen molar-refractivity contribution in [1.29, 1.82) is 0 Å². The highest BCUT2D eigenvalue weighted by Crippen LogP contribution is 2.29. The summed E-state index contributed by atoms with van der Waals surface area (Å²) in [5.74, 6) is -3.91. The Labute approximate surface area is 96.5 Å². The van der Waals surface area contributed by atoms with Gasteiger partial charge in [-0.3, -0.25) is 4.98 Å². The van der Waals surface area contributed by atoms with E-state index in [2.05, 4.69) is 10.3 Å². The van der Waals surface area contributed by atoms with E-state index in [1.165, 1.54) is 0 Å². The number of pyridine rings is 1. The molecule has 1 N–H and O–H groups in total. The first-order valence-electron chi connectivity index (χ1n) is 5.23. The lowest BCUT2D eigenvalue weighted by Crippen LogP contribution is -2.01. The standard InChI is InChI=1S/C12H11F3N2/c1-3-6-4-8(16-2)10-9(17-6)5-7(13)11(14)12(10)15/h4-5H,3H2,1-2H3,(H,16,17). The molecule has 0 saturated heterocycles. The molecule has 2 nitrogen and oxygen atoms in total. The minimum Gasteiger partial charge on any atom is -0.387 e. The molecule has 1 aromatic carbocycles. The number of rotatable bonds is 2. The molecule has 0 spiro atoms. The molecule has 5 heteroatoms. The summed E-state index contributed by atoms with van der Waals surface area (Å²) in [6, 6.07) is 2.54. The second kappa shape index (κ2) is 4.24. The Morgan fingerprint density at radius 3 is 2.47 bits per heavy atom. The highest BCUT2D eigenvalue weighted by molar-refractivity contribution is 5.92. The number of hydrogen-bond donors (Lipinski definition) is 1. The number of hydrogen-bond acceptors (Lipinski definition) is 2. The average molecular weight is 240 g/mol. The molecular weight excluding hydrogens is 229 g/mol. The maximum Gasteiger partial charge on any atom is 0.195 e. The number of aromatic nitrogens is 1. The van der Waals surface area contributed by atoms with Crippen molar-refractivity contribution < 1.29 is 13.2 Å². The number of benzene rings is 1. The van der Waals surface area contributed by atoms with Crippen molar-refractivity contribution >= 4 is 16.6 Å². The molecular formula is C12H11F3N2. The average Bonchev–Trinajstić information content (AvgIpc) is 2.34. The van der Waals surface area contributed by atoms with Gasteiger partial charge < -0.3 is 5.32 Å². The van der Waals surface area contributed by atoms with Crippen LogP contribution in [0.1, 0.15) is 12.6 Å². The minimum absolute atomic E-state index is 0.0244. The number of nitrogens with zero attached hydrogens (tertiary/aromatic N) is 1. The fourth-order valence-corrected chi connectivity index (χ4v) is 1.73. The predicted molar refractivity (Wildman–Crippen MR) is 60.5 cm³/mol. The Bertz CT molecular complexity index is 582. The van der Waals surface area contributed by atoms with E-state index in [0.29, 0.717) is 17.8 Å². The summed E-state index contributed by atoms with van der Waals surface area (Å²) >= 11 is 0. The molecule has 0 radical (unpaired) electrons. The number of nitrogens with one attached hydrogen (secondary N) is 1. The molecule has 0 aliphatic carbocycles. The summed E-state index contributed by atoms with van der Waals surface area (Å²) in [6.45, 7) is 1.88. The van der Waals surface area contributed by atoms with Gasteiger partial charge in [-0.15, -0.1) is 0 Å². The van der Waals surface area contributed by atoms with Crippen LogP contribution in [0.2, 0.25) is 0 Å². The summed E-state index contributed by atoms with van der Waals surface area (Å²) in [7, 11) is 1.59. The quantitative estimate of drug-likeness (QED) is 0.815. The Kier molecular flexibility index (Phi) is 2.92. The van der Waals surface area contributed by atoms with E-state index in [1.807, 2.05) is 6.92 Å². The van der Waals surface area contributed by atoms with Crippen molar-refractivity contribution in [2.24, 2.45) is 0 Å². The van der Waals surface area contributed by atoms with Gasteiger partial charge in [0, 0.05) is 24.5 Å². The van der Waals surface area contributed by atoms with Crippen LogP contribution in [0.5, 0.6) is 0 Å². The van der Waals surface area contributed by atoms with Gasteiger partial charge in [-0.1, -0.05) is 6.92 Å². The topological polar surface area (TPSA) is 24.9 Å². The summed E-state index contributed by atoms with van der Waals surface area (Å²) in [5.41, 5.74) is 1.21. The van der Waals surface area contributed by atoms with Crippen LogP contribution in [-0.2, 0) is 6.42 Å². The molecule has 0 aliphatic rings. The summed E-state index contributed by atoms with van der Waals surface area (Å²) in [5, 5.41) is 2.74. The number of halogens is 3. The zero-order chi connectivity index (χ0) is 12.6. The van der Waals surface area contributed by atoms with Crippen LogP contribution in [-0.4, -0.2) is 12.0 Å². The van der Waals surface area contributed by atoms with Gasteiger partial charge in [0.2, 0.25) is 0 Å². The molecule has 2 rings (SSSR count). The fraction of sp³-hybridized carbons (Fsp3) is 0.250. The van der Waals surface area contributed by atoms with E-state index in [4.69, 9.17) is 0 Å². The molecule has 0 unspecified atom stereocenters. The van der Waals surface area contributed by atoms with Gasteiger partial charge in [0.1, 0.15) is 0 Å². The molecule has 0 aliphatic heterocycles. The van der Waals surface area contributed by atoms with Gasteiger partial charge in [0.15, 0.2) is 17.5 Å². The van der Waals surface area contributed by atoms with Crippen LogP contribution in [0.15, 0.2) is 12.1 Å². The molecule has 0 atom stereocenters. The van der Waals surface area contributed by atoms with Crippen LogP contribution in [0, 0.1) is 17.5 Å². The molecule has 1 heterocycles. The highest BCUT2D eigenvalue weighted by atomic mass is 19.2. The molecule has 0 amide bonds. The first-order chi connectivity index (χ1) is 8.08. The Hall–Kier alpha value is -1.78. The largest absolute Gasteiger partial charge is 0.387 e. The Balaban J connectivity index is 2.89. The second-order valence-electron chi connectivity index (χ2n) is 3.65. The van der Waals surface area contributed by atoms with Gasteiger partial charge in [-0.2, -0.15) is 0 Å². The first-order valence-corrected chi connectivity index (χ1v) is 5.23. The maximum absolute atomic E-state index is 13.6. The van der Waals surface area contributed by atoms with Gasteiger partial charge in [0.25, 0.3) is 0 Å². The number of anilines is 1. The monoisotopic (exact) mass is 240 g/mol. The maximum atomic E-state index is 13.6. The Morgan fingerprint density at radius 2 is 1.88 bits per heavy atom. The van der Waals surface area contributed by atoms with Crippen molar-refractivity contribution in [3.05, 3.63) is 35.3 Å². The third kappa shape index (κ3) is 1.81. The molecule has 1 aromatic heterocycles. The lowest BCUT2D eigenvalue weighted by atomic mass is 10.1. The molecule has 0 bridgehead atoms. The van der Waals surface area contributed by atoms with Crippen LogP contribution < -0.4 is 5.32 Å². The van der Waals surface area contributed by atoms with E-state index < -0.39 is 17.5 Å². The van der Waals surface area contributed by atoms with E-state index in [0.717, 1.165) is 6.07 Å². The first kappa shape index (κ1) is 11.7. The molecule has 17 heavy (non-hydrogen) atoms. The molecule has 0 saturated carbocycles. The van der Waals surface area contributed by atoms with E-state index in [-0.39, 0.29) is 10.9 Å². The third-order valence-corrected chi connectivity index (χ3v) is 2.62. The smallest absolute Gasteiger partial charge is 0.195 e. The third-order valence-electron chi connectivity index (χ3n) is 2.62. The van der Waals surface area contributed by atoms with Crippen molar-refractivity contribution in [3.8, 4) is 0 Å². The number of fused-ring (bicyclic) bond motifs is 1. The van der Waals surface area contributed by atoms with Crippen LogP contribution in [0.3, 0.4) is 0 Å².